The summed E-state index contributed by atoms with van der Waals surface area (Å²) in [7, 11) is 0. The van der Waals surface area contributed by atoms with Gasteiger partial charge < -0.3 is 10.3 Å². The van der Waals surface area contributed by atoms with Crippen LogP contribution in [0.3, 0.4) is 0 Å². The Morgan fingerprint density at radius 1 is 1.08 bits per heavy atom. The molecule has 0 saturated heterocycles. The summed E-state index contributed by atoms with van der Waals surface area (Å²) in [6.45, 7) is 3.97. The molecule has 0 fully saturated rings. The second-order valence-corrected chi connectivity index (χ2v) is 6.98. The molecule has 1 aromatic heterocycles. The monoisotopic (exact) mass is 365 g/mol. The van der Waals surface area contributed by atoms with Crippen molar-refractivity contribution in [2.24, 2.45) is 0 Å². The minimum Gasteiger partial charge on any atom is -0.325 e. The maximum absolute atomic E-state index is 12.2. The molecule has 0 aliphatic heterocycles. The lowest BCUT2D eigenvalue weighted by Crippen LogP contribution is -2.15. The van der Waals surface area contributed by atoms with Gasteiger partial charge in [-0.25, -0.2) is 4.98 Å². The fraction of sp³-hybridized carbons (Fsp3) is 0.150. The van der Waals surface area contributed by atoms with Crippen LogP contribution in [0.1, 0.15) is 11.1 Å². The van der Waals surface area contributed by atoms with Crippen molar-refractivity contribution in [2.45, 2.75) is 19.0 Å². The summed E-state index contributed by atoms with van der Waals surface area (Å²) in [4.78, 5) is 31.2. The molecule has 0 spiro atoms. The molecule has 1 heterocycles. The standard InChI is InChI=1S/C20H19N3O2S/c1-13-8-14(2)10-16(9-13)21-19(25)12-26-20-22-17(11-18(24)23-20)15-6-4-3-5-7-15/h3-11H,12H2,1-2H3,(H,21,25)(H,22,23,24). The number of aromatic nitrogens is 2. The molecule has 0 unspecified atom stereocenters. The molecule has 0 atom stereocenters. The van der Waals surface area contributed by atoms with Gasteiger partial charge in [-0.15, -0.1) is 0 Å². The van der Waals surface area contributed by atoms with Gasteiger partial charge in [0.05, 0.1) is 11.4 Å². The van der Waals surface area contributed by atoms with E-state index in [9.17, 15) is 9.59 Å². The average molecular weight is 365 g/mol. The van der Waals surface area contributed by atoms with E-state index in [1.165, 1.54) is 17.8 Å². The maximum Gasteiger partial charge on any atom is 0.252 e. The third-order valence-electron chi connectivity index (χ3n) is 3.63. The predicted molar refractivity (Wildman–Crippen MR) is 106 cm³/mol. The van der Waals surface area contributed by atoms with Crippen LogP contribution < -0.4 is 10.9 Å². The van der Waals surface area contributed by atoms with Crippen LogP contribution in [0.25, 0.3) is 11.3 Å². The summed E-state index contributed by atoms with van der Waals surface area (Å²) < 4.78 is 0. The summed E-state index contributed by atoms with van der Waals surface area (Å²) in [5.41, 5.74) is 4.17. The number of aromatic amines is 1. The van der Waals surface area contributed by atoms with Crippen LogP contribution >= 0.6 is 11.8 Å². The van der Waals surface area contributed by atoms with Crippen LogP contribution in [0.15, 0.2) is 64.5 Å². The number of hydrogen-bond acceptors (Lipinski definition) is 4. The van der Waals surface area contributed by atoms with Crippen LogP contribution in [-0.2, 0) is 4.79 Å². The van der Waals surface area contributed by atoms with Crippen molar-refractivity contribution in [3.8, 4) is 11.3 Å². The Balaban J connectivity index is 1.68. The average Bonchev–Trinajstić information content (AvgIpc) is 2.59. The Morgan fingerprint density at radius 2 is 1.77 bits per heavy atom. The number of amides is 1. The molecule has 0 bridgehead atoms. The minimum atomic E-state index is -0.240. The first-order chi connectivity index (χ1) is 12.5. The van der Waals surface area contributed by atoms with Crippen molar-refractivity contribution in [1.82, 2.24) is 9.97 Å². The quantitative estimate of drug-likeness (QED) is 0.533. The number of hydrogen-bond donors (Lipinski definition) is 2. The molecular formula is C20H19N3O2S. The first-order valence-corrected chi connectivity index (χ1v) is 9.16. The first-order valence-electron chi connectivity index (χ1n) is 8.17. The van der Waals surface area contributed by atoms with Crippen LogP contribution in [0.5, 0.6) is 0 Å². The number of benzene rings is 2. The number of H-pyrrole nitrogens is 1. The SMILES string of the molecule is Cc1cc(C)cc(NC(=O)CSc2nc(-c3ccccc3)cc(=O)[nH]2)c1. The van der Waals surface area contributed by atoms with Gasteiger partial charge in [0, 0.05) is 17.3 Å². The fourth-order valence-corrected chi connectivity index (χ4v) is 3.31. The highest BCUT2D eigenvalue weighted by Gasteiger charge is 2.08. The Labute approximate surface area is 155 Å². The van der Waals surface area contributed by atoms with E-state index >= 15 is 0 Å². The Hall–Kier alpha value is -2.86. The van der Waals surface area contributed by atoms with Gasteiger partial charge in [0.2, 0.25) is 5.91 Å². The summed E-state index contributed by atoms with van der Waals surface area (Å²) in [6.07, 6.45) is 0. The molecule has 1 amide bonds. The van der Waals surface area contributed by atoms with Crippen molar-refractivity contribution in [2.75, 3.05) is 11.1 Å². The van der Waals surface area contributed by atoms with Crippen molar-refractivity contribution < 1.29 is 4.79 Å². The lowest BCUT2D eigenvalue weighted by molar-refractivity contribution is -0.113. The maximum atomic E-state index is 12.2. The molecule has 5 nitrogen and oxygen atoms in total. The molecule has 132 valence electrons. The zero-order chi connectivity index (χ0) is 18.5. The van der Waals surface area contributed by atoms with Gasteiger partial charge in [-0.3, -0.25) is 9.59 Å². The van der Waals surface area contributed by atoms with Gasteiger partial charge in [0.25, 0.3) is 5.56 Å². The number of thioether (sulfide) groups is 1. The molecule has 3 aromatic rings. The normalized spacial score (nSPS) is 10.5. The van der Waals surface area contributed by atoms with E-state index in [0.29, 0.717) is 10.9 Å². The third kappa shape index (κ3) is 4.83. The van der Waals surface area contributed by atoms with Crippen LogP contribution in [0.4, 0.5) is 5.69 Å². The van der Waals surface area contributed by atoms with E-state index in [-0.39, 0.29) is 17.2 Å². The van der Waals surface area contributed by atoms with E-state index in [4.69, 9.17) is 0 Å². The zero-order valence-corrected chi connectivity index (χ0v) is 15.4. The molecule has 2 N–H and O–H groups in total. The molecule has 0 saturated carbocycles. The van der Waals surface area contributed by atoms with Gasteiger partial charge in [0.1, 0.15) is 0 Å². The van der Waals surface area contributed by atoms with Gasteiger partial charge >= 0.3 is 0 Å². The molecular weight excluding hydrogens is 346 g/mol. The Kier molecular flexibility index (Phi) is 5.53. The van der Waals surface area contributed by atoms with Gasteiger partial charge in [-0.2, -0.15) is 0 Å². The molecule has 0 radical (unpaired) electrons. The molecule has 2 aromatic carbocycles. The number of carbonyl (C=O) groups excluding carboxylic acids is 1. The summed E-state index contributed by atoms with van der Waals surface area (Å²) in [6, 6.07) is 16.8. The van der Waals surface area contributed by atoms with Gasteiger partial charge in [-0.1, -0.05) is 48.2 Å². The van der Waals surface area contributed by atoms with Crippen molar-refractivity contribution in [3.63, 3.8) is 0 Å². The highest BCUT2D eigenvalue weighted by atomic mass is 32.2. The van der Waals surface area contributed by atoms with Crippen molar-refractivity contribution >= 4 is 23.4 Å². The number of carbonyl (C=O) groups is 1. The van der Waals surface area contributed by atoms with E-state index in [2.05, 4.69) is 15.3 Å². The van der Waals surface area contributed by atoms with Crippen molar-refractivity contribution in [1.29, 1.82) is 0 Å². The van der Waals surface area contributed by atoms with Gasteiger partial charge in [0.15, 0.2) is 5.16 Å². The Bertz CT molecular complexity index is 964. The lowest BCUT2D eigenvalue weighted by Gasteiger charge is -2.08. The molecule has 26 heavy (non-hydrogen) atoms. The number of nitrogens with zero attached hydrogens (tertiary/aromatic N) is 1. The van der Waals surface area contributed by atoms with E-state index < -0.39 is 0 Å². The highest BCUT2D eigenvalue weighted by Crippen LogP contribution is 2.19. The van der Waals surface area contributed by atoms with Crippen molar-refractivity contribution in [3.05, 3.63) is 76.1 Å². The molecule has 0 aliphatic carbocycles. The summed E-state index contributed by atoms with van der Waals surface area (Å²) in [5, 5.41) is 3.30. The number of nitrogens with one attached hydrogen (secondary N) is 2. The van der Waals surface area contributed by atoms with Crippen LogP contribution in [0.2, 0.25) is 0 Å². The number of anilines is 1. The molecule has 6 heteroatoms. The van der Waals surface area contributed by atoms with Crippen LogP contribution in [0, 0.1) is 13.8 Å². The zero-order valence-electron chi connectivity index (χ0n) is 14.6. The topological polar surface area (TPSA) is 74.8 Å². The minimum absolute atomic E-state index is 0.146. The molecule has 3 rings (SSSR count). The number of rotatable bonds is 5. The van der Waals surface area contributed by atoms with E-state index in [1.54, 1.807) is 0 Å². The highest BCUT2D eigenvalue weighted by molar-refractivity contribution is 7.99. The summed E-state index contributed by atoms with van der Waals surface area (Å²) in [5.74, 6) is 0.0153. The molecule has 0 aliphatic rings. The lowest BCUT2D eigenvalue weighted by atomic mass is 10.1. The van der Waals surface area contributed by atoms with Crippen LogP contribution in [-0.4, -0.2) is 21.6 Å². The van der Waals surface area contributed by atoms with Gasteiger partial charge in [-0.05, 0) is 37.1 Å². The van der Waals surface area contributed by atoms with E-state index in [1.807, 2.05) is 62.4 Å². The smallest absolute Gasteiger partial charge is 0.252 e. The van der Waals surface area contributed by atoms with E-state index in [0.717, 1.165) is 22.4 Å². The predicted octanol–water partition coefficient (Wildman–Crippen LogP) is 3.78. The third-order valence-corrected chi connectivity index (χ3v) is 4.51. The largest absolute Gasteiger partial charge is 0.325 e. The second-order valence-electron chi connectivity index (χ2n) is 6.02. The summed E-state index contributed by atoms with van der Waals surface area (Å²) >= 11 is 1.20. The number of aryl methyl sites for hydroxylation is 2. The fourth-order valence-electron chi connectivity index (χ4n) is 2.64. The second kappa shape index (κ2) is 8.01. The first kappa shape index (κ1) is 17.9. The Morgan fingerprint density at radius 3 is 2.46 bits per heavy atom.